The number of para-hydroxylation sites is 1. The Morgan fingerprint density at radius 3 is 2.39 bits per heavy atom. The zero-order valence-electron chi connectivity index (χ0n) is 17.2. The van der Waals surface area contributed by atoms with E-state index in [1.54, 1.807) is 7.11 Å². The molecule has 1 atom stereocenters. The Balaban J connectivity index is 1.89. The molecule has 0 spiro atoms. The fourth-order valence-electron chi connectivity index (χ4n) is 3.97. The van der Waals surface area contributed by atoms with Crippen molar-refractivity contribution >= 4 is 0 Å². The number of aliphatic hydroxyl groups is 1. The number of hydrogen-bond acceptors (Lipinski definition) is 4. The van der Waals surface area contributed by atoms with Crippen LogP contribution in [-0.2, 0) is 5.60 Å². The fraction of sp³-hybridized carbons (Fsp3) is 0.500. The first-order valence-corrected chi connectivity index (χ1v) is 10.5. The minimum Gasteiger partial charge on any atom is -0.496 e. The van der Waals surface area contributed by atoms with Gasteiger partial charge in [-0.3, -0.25) is 0 Å². The Kier molecular flexibility index (Phi) is 7.35. The van der Waals surface area contributed by atoms with Crippen molar-refractivity contribution in [3.8, 4) is 11.5 Å². The molecular formula is C24H33NO3. The molecule has 1 aliphatic heterocycles. The van der Waals surface area contributed by atoms with Crippen LogP contribution in [0.15, 0.2) is 48.5 Å². The van der Waals surface area contributed by atoms with E-state index >= 15 is 0 Å². The Bertz CT molecular complexity index is 725. The van der Waals surface area contributed by atoms with Gasteiger partial charge in [0, 0.05) is 12.1 Å². The first-order valence-electron chi connectivity index (χ1n) is 10.5. The third kappa shape index (κ3) is 4.86. The van der Waals surface area contributed by atoms with Gasteiger partial charge in [0.2, 0.25) is 0 Å². The second-order valence-electron chi connectivity index (χ2n) is 7.59. The van der Waals surface area contributed by atoms with E-state index in [1.165, 1.54) is 19.3 Å². The molecule has 0 aromatic heterocycles. The van der Waals surface area contributed by atoms with Crippen molar-refractivity contribution < 1.29 is 14.6 Å². The van der Waals surface area contributed by atoms with Gasteiger partial charge in [0.05, 0.1) is 13.7 Å². The quantitative estimate of drug-likeness (QED) is 0.687. The molecule has 1 fully saturated rings. The maximum atomic E-state index is 11.9. The molecule has 2 aromatic rings. The lowest BCUT2D eigenvalue weighted by Crippen LogP contribution is -2.37. The Labute approximate surface area is 169 Å². The van der Waals surface area contributed by atoms with E-state index < -0.39 is 5.60 Å². The van der Waals surface area contributed by atoms with E-state index in [9.17, 15) is 5.11 Å². The number of nitrogens with zero attached hydrogens (tertiary/aromatic N) is 1. The summed E-state index contributed by atoms with van der Waals surface area (Å²) >= 11 is 0. The third-order valence-corrected chi connectivity index (χ3v) is 5.60. The summed E-state index contributed by atoms with van der Waals surface area (Å²) in [6.45, 7) is 5.89. The Morgan fingerprint density at radius 2 is 1.71 bits per heavy atom. The largest absolute Gasteiger partial charge is 0.496 e. The van der Waals surface area contributed by atoms with Crippen molar-refractivity contribution in [1.29, 1.82) is 0 Å². The molecule has 28 heavy (non-hydrogen) atoms. The second-order valence-corrected chi connectivity index (χ2v) is 7.59. The van der Waals surface area contributed by atoms with Crippen molar-refractivity contribution in [2.24, 2.45) is 0 Å². The first-order chi connectivity index (χ1) is 13.7. The molecule has 1 saturated heterocycles. The van der Waals surface area contributed by atoms with Crippen LogP contribution in [0.1, 0.15) is 50.2 Å². The van der Waals surface area contributed by atoms with Gasteiger partial charge in [-0.15, -0.1) is 0 Å². The lowest BCUT2D eigenvalue weighted by molar-refractivity contribution is 0.0522. The maximum absolute atomic E-state index is 11.9. The van der Waals surface area contributed by atoms with Gasteiger partial charge in [-0.2, -0.15) is 0 Å². The van der Waals surface area contributed by atoms with Gasteiger partial charge in [-0.05, 0) is 62.5 Å². The van der Waals surface area contributed by atoms with Crippen LogP contribution in [0, 0.1) is 0 Å². The highest BCUT2D eigenvalue weighted by molar-refractivity contribution is 5.45. The number of rotatable bonds is 9. The highest BCUT2D eigenvalue weighted by atomic mass is 16.5. The molecule has 0 saturated carbocycles. The smallest absolute Gasteiger partial charge is 0.125 e. The number of piperidine rings is 1. The summed E-state index contributed by atoms with van der Waals surface area (Å²) in [6, 6.07) is 15.6. The van der Waals surface area contributed by atoms with Crippen LogP contribution in [0.25, 0.3) is 0 Å². The van der Waals surface area contributed by atoms with E-state index in [-0.39, 0.29) is 0 Å². The molecule has 3 rings (SSSR count). The van der Waals surface area contributed by atoms with Crippen LogP contribution in [0.3, 0.4) is 0 Å². The minimum atomic E-state index is -1.10. The average molecular weight is 384 g/mol. The zero-order valence-corrected chi connectivity index (χ0v) is 17.2. The van der Waals surface area contributed by atoms with E-state index in [4.69, 9.17) is 9.47 Å². The second kappa shape index (κ2) is 9.94. The molecule has 4 heteroatoms. The monoisotopic (exact) mass is 383 g/mol. The lowest BCUT2D eigenvalue weighted by Gasteiger charge is -2.34. The van der Waals surface area contributed by atoms with Gasteiger partial charge in [0.1, 0.15) is 17.1 Å². The van der Waals surface area contributed by atoms with E-state index in [0.29, 0.717) is 13.0 Å². The molecule has 0 unspecified atom stereocenters. The molecule has 0 radical (unpaired) electrons. The summed E-state index contributed by atoms with van der Waals surface area (Å²) < 4.78 is 11.3. The van der Waals surface area contributed by atoms with Gasteiger partial charge in [-0.25, -0.2) is 0 Å². The zero-order chi connectivity index (χ0) is 19.8. The van der Waals surface area contributed by atoms with Crippen molar-refractivity contribution in [3.63, 3.8) is 0 Å². The molecule has 0 aliphatic carbocycles. The van der Waals surface area contributed by atoms with Crippen LogP contribution in [0.2, 0.25) is 0 Å². The molecule has 152 valence electrons. The number of likely N-dealkylation sites (tertiary alicyclic amines) is 1. The number of hydrogen-bond donors (Lipinski definition) is 1. The van der Waals surface area contributed by atoms with Gasteiger partial charge in [0.25, 0.3) is 0 Å². The molecule has 1 heterocycles. The summed E-state index contributed by atoms with van der Waals surface area (Å²) in [5.74, 6) is 1.55. The summed E-state index contributed by atoms with van der Waals surface area (Å²) in [7, 11) is 1.66. The SMILES string of the molecule is CCCOc1ccc([C@](O)(CCN2CCCCC2)c2ccccc2OC)cc1. The van der Waals surface area contributed by atoms with E-state index in [1.807, 2.05) is 48.5 Å². The number of methoxy groups -OCH3 is 1. The van der Waals surface area contributed by atoms with Crippen LogP contribution in [0.5, 0.6) is 11.5 Å². The highest BCUT2D eigenvalue weighted by Gasteiger charge is 2.34. The van der Waals surface area contributed by atoms with E-state index in [0.717, 1.165) is 48.7 Å². The van der Waals surface area contributed by atoms with Gasteiger partial charge < -0.3 is 19.5 Å². The average Bonchev–Trinajstić information content (AvgIpc) is 2.77. The molecule has 0 amide bonds. The highest BCUT2D eigenvalue weighted by Crippen LogP contribution is 2.39. The predicted molar refractivity (Wildman–Crippen MR) is 113 cm³/mol. The summed E-state index contributed by atoms with van der Waals surface area (Å²) in [5, 5.41) is 11.9. The van der Waals surface area contributed by atoms with Gasteiger partial charge >= 0.3 is 0 Å². The van der Waals surface area contributed by atoms with Gasteiger partial charge in [-0.1, -0.05) is 43.7 Å². The summed E-state index contributed by atoms with van der Waals surface area (Å²) in [6.07, 6.45) is 5.41. The van der Waals surface area contributed by atoms with Crippen LogP contribution < -0.4 is 9.47 Å². The summed E-state index contributed by atoms with van der Waals surface area (Å²) in [4.78, 5) is 2.46. The van der Waals surface area contributed by atoms with Crippen molar-refractivity contribution in [2.75, 3.05) is 33.4 Å². The number of ether oxygens (including phenoxy) is 2. The topological polar surface area (TPSA) is 41.9 Å². The molecule has 1 aliphatic rings. The molecule has 2 aromatic carbocycles. The van der Waals surface area contributed by atoms with Crippen molar-refractivity contribution in [3.05, 3.63) is 59.7 Å². The summed E-state index contributed by atoms with van der Waals surface area (Å²) in [5.41, 5.74) is 0.586. The normalized spacial score (nSPS) is 17.1. The van der Waals surface area contributed by atoms with Crippen molar-refractivity contribution in [1.82, 2.24) is 4.90 Å². The van der Waals surface area contributed by atoms with E-state index in [2.05, 4.69) is 11.8 Å². The minimum absolute atomic E-state index is 0.628. The standard InChI is InChI=1S/C24H33NO3/c1-3-19-28-21-13-11-20(12-14-21)24(26,15-18-25-16-7-4-8-17-25)22-9-5-6-10-23(22)27-2/h5-6,9-14,26H,3-4,7-8,15-19H2,1-2H3/t24-/m1/s1. The van der Waals surface area contributed by atoms with Crippen LogP contribution >= 0.6 is 0 Å². The Hall–Kier alpha value is -2.04. The Morgan fingerprint density at radius 1 is 1.00 bits per heavy atom. The molecule has 0 bridgehead atoms. The predicted octanol–water partition coefficient (Wildman–Crippen LogP) is 4.60. The van der Waals surface area contributed by atoms with Gasteiger partial charge in [0.15, 0.2) is 0 Å². The maximum Gasteiger partial charge on any atom is 0.125 e. The van der Waals surface area contributed by atoms with Crippen molar-refractivity contribution in [2.45, 2.75) is 44.6 Å². The molecular weight excluding hydrogens is 350 g/mol. The van der Waals surface area contributed by atoms with Crippen LogP contribution in [0.4, 0.5) is 0 Å². The lowest BCUT2D eigenvalue weighted by atomic mass is 9.82. The third-order valence-electron chi connectivity index (χ3n) is 5.60. The van der Waals surface area contributed by atoms with Crippen LogP contribution in [-0.4, -0.2) is 43.4 Å². The molecule has 1 N–H and O–H groups in total. The fourth-order valence-corrected chi connectivity index (χ4v) is 3.97. The molecule has 4 nitrogen and oxygen atoms in total. The first kappa shape index (κ1) is 20.7. The number of benzene rings is 2.